The van der Waals surface area contributed by atoms with Gasteiger partial charge in [0.05, 0.1) is 5.54 Å². The van der Waals surface area contributed by atoms with Crippen LogP contribution < -0.4 is 11.1 Å². The van der Waals surface area contributed by atoms with Crippen LogP contribution in [0.5, 0.6) is 0 Å². The fourth-order valence-corrected chi connectivity index (χ4v) is 3.56. The zero-order chi connectivity index (χ0) is 13.9. The molecule has 110 valence electrons. The van der Waals surface area contributed by atoms with Gasteiger partial charge in [0.25, 0.3) is 0 Å². The lowest BCUT2D eigenvalue weighted by Gasteiger charge is -2.42. The third-order valence-electron chi connectivity index (χ3n) is 4.95. The van der Waals surface area contributed by atoms with Gasteiger partial charge in [-0.15, -0.1) is 0 Å². The minimum Gasteiger partial charge on any atom is -0.368 e. The van der Waals surface area contributed by atoms with E-state index in [1.165, 1.54) is 19.4 Å². The number of primary amides is 1. The Hall–Kier alpha value is -0.650. The zero-order valence-electron chi connectivity index (χ0n) is 12.3. The number of hydrogen-bond donors (Lipinski definition) is 2. The Morgan fingerprint density at radius 1 is 1.26 bits per heavy atom. The molecule has 0 spiro atoms. The van der Waals surface area contributed by atoms with Crippen molar-refractivity contribution in [2.24, 2.45) is 5.73 Å². The monoisotopic (exact) mass is 268 g/mol. The summed E-state index contributed by atoms with van der Waals surface area (Å²) in [7, 11) is 4.05. The maximum Gasteiger partial charge on any atom is 0.237 e. The van der Waals surface area contributed by atoms with Crippen LogP contribution >= 0.6 is 0 Å². The van der Waals surface area contributed by atoms with Gasteiger partial charge in [-0.25, -0.2) is 0 Å². The largest absolute Gasteiger partial charge is 0.368 e. The Bertz CT molecular complexity index is 323. The molecule has 0 aromatic carbocycles. The van der Waals surface area contributed by atoms with Crippen molar-refractivity contribution >= 4 is 5.91 Å². The van der Waals surface area contributed by atoms with Crippen LogP contribution in [-0.2, 0) is 4.79 Å². The summed E-state index contributed by atoms with van der Waals surface area (Å²) in [6.07, 6.45) is 5.24. The first kappa shape index (κ1) is 14.8. The molecule has 19 heavy (non-hydrogen) atoms. The quantitative estimate of drug-likeness (QED) is 0.757. The van der Waals surface area contributed by atoms with Gasteiger partial charge < -0.3 is 16.0 Å². The predicted octanol–water partition coefficient (Wildman–Crippen LogP) is 0.0100. The van der Waals surface area contributed by atoms with E-state index >= 15 is 0 Å². The number of nitrogens with zero attached hydrogens (tertiary/aromatic N) is 2. The van der Waals surface area contributed by atoms with Crippen LogP contribution in [0.3, 0.4) is 0 Å². The summed E-state index contributed by atoms with van der Waals surface area (Å²) in [6.45, 7) is 4.56. The highest BCUT2D eigenvalue weighted by molar-refractivity contribution is 5.84. The van der Waals surface area contributed by atoms with E-state index in [0.717, 1.165) is 38.9 Å². The number of nitrogens with one attached hydrogen (secondary N) is 1. The zero-order valence-corrected chi connectivity index (χ0v) is 12.3. The average Bonchev–Trinajstić information content (AvgIpc) is 2.63. The molecule has 1 amide bonds. The van der Waals surface area contributed by atoms with E-state index in [1.54, 1.807) is 0 Å². The minimum absolute atomic E-state index is 0.188. The van der Waals surface area contributed by atoms with E-state index in [0.29, 0.717) is 6.04 Å². The van der Waals surface area contributed by atoms with Gasteiger partial charge in [0.1, 0.15) is 0 Å². The second-order valence-corrected chi connectivity index (χ2v) is 6.14. The van der Waals surface area contributed by atoms with E-state index in [9.17, 15) is 4.79 Å². The number of hydrogen-bond acceptors (Lipinski definition) is 4. The SMILES string of the molecule is CNC1(C(N)=O)CCCC(N2CCCN(C)CC2)C1. The van der Waals surface area contributed by atoms with Crippen molar-refractivity contribution in [2.75, 3.05) is 40.3 Å². The number of nitrogens with two attached hydrogens (primary N) is 1. The lowest BCUT2D eigenvalue weighted by molar-refractivity contribution is -0.126. The van der Waals surface area contributed by atoms with Crippen LogP contribution in [0.1, 0.15) is 32.1 Å². The lowest BCUT2D eigenvalue weighted by atomic mass is 9.78. The molecule has 1 saturated carbocycles. The molecule has 2 rings (SSSR count). The molecule has 0 aromatic heterocycles. The second-order valence-electron chi connectivity index (χ2n) is 6.14. The van der Waals surface area contributed by atoms with E-state index < -0.39 is 5.54 Å². The number of rotatable bonds is 3. The number of carbonyl (C=O) groups is 1. The second kappa shape index (κ2) is 6.20. The predicted molar refractivity (Wildman–Crippen MR) is 76.9 cm³/mol. The molecule has 3 N–H and O–H groups in total. The molecular weight excluding hydrogens is 240 g/mol. The first-order chi connectivity index (χ1) is 9.07. The van der Waals surface area contributed by atoms with Gasteiger partial charge in [-0.3, -0.25) is 9.69 Å². The molecule has 0 radical (unpaired) electrons. The Morgan fingerprint density at radius 2 is 2.05 bits per heavy atom. The van der Waals surface area contributed by atoms with Gasteiger partial charge in [0.2, 0.25) is 5.91 Å². The molecule has 5 heteroatoms. The van der Waals surface area contributed by atoms with Crippen LogP contribution in [0, 0.1) is 0 Å². The minimum atomic E-state index is -0.485. The van der Waals surface area contributed by atoms with Crippen LogP contribution in [0.15, 0.2) is 0 Å². The lowest BCUT2D eigenvalue weighted by Crippen LogP contribution is -2.59. The highest BCUT2D eigenvalue weighted by Gasteiger charge is 2.41. The van der Waals surface area contributed by atoms with E-state index in [4.69, 9.17) is 5.73 Å². The molecule has 1 saturated heterocycles. The molecule has 2 aliphatic rings. The van der Waals surface area contributed by atoms with Crippen LogP contribution in [0.2, 0.25) is 0 Å². The average molecular weight is 268 g/mol. The van der Waals surface area contributed by atoms with Gasteiger partial charge in [-0.2, -0.15) is 0 Å². The number of likely N-dealkylation sites (N-methyl/N-ethyl adjacent to an activating group) is 2. The van der Waals surface area contributed by atoms with E-state index in [1.807, 2.05) is 7.05 Å². The fraction of sp³-hybridized carbons (Fsp3) is 0.929. The van der Waals surface area contributed by atoms with Crippen molar-refractivity contribution in [1.82, 2.24) is 15.1 Å². The maximum absolute atomic E-state index is 11.8. The van der Waals surface area contributed by atoms with Crippen molar-refractivity contribution in [3.05, 3.63) is 0 Å². The molecule has 2 unspecified atom stereocenters. The summed E-state index contributed by atoms with van der Waals surface area (Å²) in [4.78, 5) is 16.7. The normalized spacial score (nSPS) is 34.9. The topological polar surface area (TPSA) is 61.6 Å². The Kier molecular flexibility index (Phi) is 4.81. The first-order valence-electron chi connectivity index (χ1n) is 7.49. The van der Waals surface area contributed by atoms with Crippen LogP contribution in [0.4, 0.5) is 0 Å². The Labute approximate surface area is 116 Å². The van der Waals surface area contributed by atoms with Gasteiger partial charge in [-0.05, 0) is 59.3 Å². The fourth-order valence-electron chi connectivity index (χ4n) is 3.56. The van der Waals surface area contributed by atoms with E-state index in [2.05, 4.69) is 22.2 Å². The summed E-state index contributed by atoms with van der Waals surface area (Å²) in [5.41, 5.74) is 5.14. The van der Waals surface area contributed by atoms with Gasteiger partial charge in [0.15, 0.2) is 0 Å². The number of carbonyl (C=O) groups excluding carboxylic acids is 1. The van der Waals surface area contributed by atoms with E-state index in [-0.39, 0.29) is 5.91 Å². The third kappa shape index (κ3) is 3.27. The summed E-state index contributed by atoms with van der Waals surface area (Å²) >= 11 is 0. The standard InChI is InChI=1S/C14H28N4O/c1-16-14(13(15)19)6-3-5-12(11-14)18-8-4-7-17(2)9-10-18/h12,16H,3-11H2,1-2H3,(H2,15,19). The molecule has 0 aromatic rings. The van der Waals surface area contributed by atoms with Gasteiger partial charge >= 0.3 is 0 Å². The molecule has 1 heterocycles. The van der Waals surface area contributed by atoms with Crippen molar-refractivity contribution in [2.45, 2.75) is 43.7 Å². The summed E-state index contributed by atoms with van der Waals surface area (Å²) in [5.74, 6) is -0.188. The van der Waals surface area contributed by atoms with Gasteiger partial charge in [-0.1, -0.05) is 0 Å². The van der Waals surface area contributed by atoms with Crippen molar-refractivity contribution in [1.29, 1.82) is 0 Å². The maximum atomic E-state index is 11.8. The Balaban J connectivity index is 2.02. The molecule has 2 atom stereocenters. The first-order valence-corrected chi connectivity index (χ1v) is 7.49. The van der Waals surface area contributed by atoms with Crippen LogP contribution in [0.25, 0.3) is 0 Å². The summed E-state index contributed by atoms with van der Waals surface area (Å²) in [6, 6.07) is 0.500. The molecule has 1 aliphatic carbocycles. The molecule has 2 fully saturated rings. The third-order valence-corrected chi connectivity index (χ3v) is 4.95. The highest BCUT2D eigenvalue weighted by atomic mass is 16.1. The van der Waals surface area contributed by atoms with Crippen molar-refractivity contribution < 1.29 is 4.79 Å². The smallest absolute Gasteiger partial charge is 0.237 e. The summed E-state index contributed by atoms with van der Waals surface area (Å²) < 4.78 is 0. The Morgan fingerprint density at radius 3 is 2.74 bits per heavy atom. The summed E-state index contributed by atoms with van der Waals surface area (Å²) in [5, 5.41) is 3.20. The van der Waals surface area contributed by atoms with Crippen molar-refractivity contribution in [3.8, 4) is 0 Å². The molecular formula is C14H28N4O. The van der Waals surface area contributed by atoms with Crippen molar-refractivity contribution in [3.63, 3.8) is 0 Å². The molecule has 0 bridgehead atoms. The molecule has 1 aliphatic heterocycles. The van der Waals surface area contributed by atoms with Gasteiger partial charge in [0, 0.05) is 19.1 Å². The highest BCUT2D eigenvalue weighted by Crippen LogP contribution is 2.31. The van der Waals surface area contributed by atoms with Crippen LogP contribution in [-0.4, -0.2) is 67.6 Å². The molecule has 5 nitrogen and oxygen atoms in total. The number of amides is 1.